The molecule has 6 nitrogen and oxygen atoms in total. The summed E-state index contributed by atoms with van der Waals surface area (Å²) in [6, 6.07) is 17.4. The number of hydrogen-bond donors (Lipinski definition) is 2. The number of ether oxygens (including phenoxy) is 1. The van der Waals surface area contributed by atoms with Gasteiger partial charge >= 0.3 is 0 Å². The minimum absolute atomic E-state index is 0.107. The van der Waals surface area contributed by atoms with Crippen LogP contribution < -0.4 is 14.8 Å². The van der Waals surface area contributed by atoms with Gasteiger partial charge in [0.25, 0.3) is 15.9 Å². The summed E-state index contributed by atoms with van der Waals surface area (Å²) >= 11 is 0. The number of hydrogen-bond acceptors (Lipinski definition) is 4. The molecule has 0 saturated heterocycles. The molecule has 0 aliphatic rings. The number of carbonyl (C=O) groups is 1. The molecule has 7 heteroatoms. The van der Waals surface area contributed by atoms with E-state index in [2.05, 4.69) is 10.0 Å². The maximum atomic E-state index is 12.7. The van der Waals surface area contributed by atoms with Gasteiger partial charge in [-0.3, -0.25) is 9.52 Å². The Labute approximate surface area is 189 Å². The SMILES string of the molecule is Cc1cc(C)cc(O[C@H](C)C(=O)Nc2ccc(S(=O)(=O)Nc3cc(C)ccc3C)cc2)c1. The lowest BCUT2D eigenvalue weighted by Crippen LogP contribution is -2.30. The van der Waals surface area contributed by atoms with Gasteiger partial charge in [0.2, 0.25) is 0 Å². The van der Waals surface area contributed by atoms with E-state index in [4.69, 9.17) is 4.74 Å². The Bertz CT molecular complexity index is 1220. The van der Waals surface area contributed by atoms with Crippen molar-refractivity contribution in [3.63, 3.8) is 0 Å². The van der Waals surface area contributed by atoms with E-state index in [0.717, 1.165) is 22.3 Å². The summed E-state index contributed by atoms with van der Waals surface area (Å²) in [7, 11) is -3.75. The van der Waals surface area contributed by atoms with Gasteiger partial charge in [-0.1, -0.05) is 18.2 Å². The predicted octanol–water partition coefficient (Wildman–Crippen LogP) is 5.13. The van der Waals surface area contributed by atoms with Gasteiger partial charge in [-0.2, -0.15) is 0 Å². The van der Waals surface area contributed by atoms with Crippen molar-refractivity contribution in [2.75, 3.05) is 10.0 Å². The van der Waals surface area contributed by atoms with Crippen LogP contribution in [-0.2, 0) is 14.8 Å². The summed E-state index contributed by atoms with van der Waals surface area (Å²) < 4.78 is 33.9. The Morgan fingerprint density at radius 2 is 1.47 bits per heavy atom. The van der Waals surface area contributed by atoms with Crippen molar-refractivity contribution in [3.05, 3.63) is 82.9 Å². The molecule has 1 atom stereocenters. The molecule has 2 N–H and O–H groups in total. The average Bonchev–Trinajstić information content (AvgIpc) is 2.70. The number of anilines is 2. The molecular formula is C25H28N2O4S. The Morgan fingerprint density at radius 3 is 2.09 bits per heavy atom. The predicted molar refractivity (Wildman–Crippen MR) is 128 cm³/mol. The van der Waals surface area contributed by atoms with Gasteiger partial charge in [-0.25, -0.2) is 8.42 Å². The van der Waals surface area contributed by atoms with Crippen molar-refractivity contribution in [2.24, 2.45) is 0 Å². The van der Waals surface area contributed by atoms with Gasteiger partial charge < -0.3 is 10.1 Å². The highest BCUT2D eigenvalue weighted by atomic mass is 32.2. The molecule has 0 aromatic heterocycles. The zero-order valence-electron chi connectivity index (χ0n) is 18.9. The number of rotatable bonds is 7. The second kappa shape index (κ2) is 9.44. The summed E-state index contributed by atoms with van der Waals surface area (Å²) in [5, 5.41) is 2.76. The van der Waals surface area contributed by atoms with Gasteiger partial charge in [-0.05, 0) is 99.3 Å². The summed E-state index contributed by atoms with van der Waals surface area (Å²) in [5.41, 5.74) is 4.93. The lowest BCUT2D eigenvalue weighted by Gasteiger charge is -2.16. The molecule has 0 aliphatic heterocycles. The Hall–Kier alpha value is -3.32. The fourth-order valence-corrected chi connectivity index (χ4v) is 4.39. The molecule has 0 fully saturated rings. The Morgan fingerprint density at radius 1 is 0.844 bits per heavy atom. The molecule has 0 saturated carbocycles. The molecule has 0 aliphatic carbocycles. The van der Waals surface area contributed by atoms with Crippen molar-refractivity contribution >= 4 is 27.3 Å². The third kappa shape index (κ3) is 5.88. The highest BCUT2D eigenvalue weighted by Crippen LogP contribution is 2.22. The van der Waals surface area contributed by atoms with Crippen molar-refractivity contribution in [2.45, 2.75) is 45.6 Å². The van der Waals surface area contributed by atoms with Crippen LogP contribution in [0.3, 0.4) is 0 Å². The maximum Gasteiger partial charge on any atom is 0.265 e. The number of carbonyl (C=O) groups excluding carboxylic acids is 1. The van der Waals surface area contributed by atoms with Crippen LogP contribution >= 0.6 is 0 Å². The summed E-state index contributed by atoms with van der Waals surface area (Å²) in [6.45, 7) is 9.35. The van der Waals surface area contributed by atoms with E-state index in [9.17, 15) is 13.2 Å². The Kier molecular flexibility index (Phi) is 6.89. The van der Waals surface area contributed by atoms with Crippen LogP contribution in [0, 0.1) is 27.7 Å². The summed E-state index contributed by atoms with van der Waals surface area (Å²) in [4.78, 5) is 12.6. The first kappa shape index (κ1) is 23.3. The molecule has 3 aromatic carbocycles. The van der Waals surface area contributed by atoms with Gasteiger partial charge in [0.1, 0.15) is 5.75 Å². The topological polar surface area (TPSA) is 84.5 Å². The molecule has 1 amide bonds. The molecule has 0 radical (unpaired) electrons. The molecule has 0 heterocycles. The van der Waals surface area contributed by atoms with E-state index in [-0.39, 0.29) is 10.8 Å². The van der Waals surface area contributed by atoms with Crippen LogP contribution in [0.4, 0.5) is 11.4 Å². The first-order valence-corrected chi connectivity index (χ1v) is 11.8. The molecular weight excluding hydrogens is 424 g/mol. The smallest absolute Gasteiger partial charge is 0.265 e. The fraction of sp³-hybridized carbons (Fsp3) is 0.240. The number of amides is 1. The van der Waals surface area contributed by atoms with Crippen molar-refractivity contribution in [1.29, 1.82) is 0 Å². The normalized spacial score (nSPS) is 12.2. The van der Waals surface area contributed by atoms with Crippen LogP contribution in [0.15, 0.2) is 65.6 Å². The molecule has 32 heavy (non-hydrogen) atoms. The molecule has 168 valence electrons. The van der Waals surface area contributed by atoms with E-state index in [1.54, 1.807) is 25.1 Å². The van der Waals surface area contributed by atoms with Gasteiger partial charge in [-0.15, -0.1) is 0 Å². The molecule has 3 rings (SSSR count). The average molecular weight is 453 g/mol. The molecule has 0 spiro atoms. The number of nitrogens with one attached hydrogen (secondary N) is 2. The lowest BCUT2D eigenvalue weighted by molar-refractivity contribution is -0.122. The van der Waals surface area contributed by atoms with Crippen molar-refractivity contribution in [3.8, 4) is 5.75 Å². The first-order valence-electron chi connectivity index (χ1n) is 10.3. The summed E-state index contributed by atoms with van der Waals surface area (Å²) in [6.07, 6.45) is -0.717. The van der Waals surface area contributed by atoms with Gasteiger partial charge in [0.15, 0.2) is 6.10 Å². The Balaban J connectivity index is 1.66. The molecule has 0 bridgehead atoms. The van der Waals surface area contributed by atoms with E-state index >= 15 is 0 Å². The zero-order valence-corrected chi connectivity index (χ0v) is 19.7. The standard InChI is InChI=1S/C25H28N2O4S/c1-16-6-7-19(4)24(15-16)27-32(29,30)23-10-8-21(9-11-23)26-25(28)20(5)31-22-13-17(2)12-18(3)14-22/h6-15,20,27H,1-5H3,(H,26,28)/t20-/m1/s1. The number of benzene rings is 3. The van der Waals surface area contributed by atoms with E-state index in [1.807, 2.05) is 58.0 Å². The monoisotopic (exact) mass is 452 g/mol. The second-order valence-electron chi connectivity index (χ2n) is 8.02. The highest BCUT2D eigenvalue weighted by Gasteiger charge is 2.18. The largest absolute Gasteiger partial charge is 0.481 e. The molecule has 3 aromatic rings. The fourth-order valence-electron chi connectivity index (χ4n) is 3.27. The van der Waals surface area contributed by atoms with E-state index < -0.39 is 16.1 Å². The third-order valence-electron chi connectivity index (χ3n) is 4.95. The lowest BCUT2D eigenvalue weighted by atomic mass is 10.1. The molecule has 0 unspecified atom stereocenters. The third-order valence-corrected chi connectivity index (χ3v) is 6.33. The van der Waals surface area contributed by atoms with Crippen LogP contribution in [0.5, 0.6) is 5.75 Å². The maximum absolute atomic E-state index is 12.7. The zero-order chi connectivity index (χ0) is 23.5. The first-order chi connectivity index (χ1) is 15.0. The minimum Gasteiger partial charge on any atom is -0.481 e. The van der Waals surface area contributed by atoms with Gasteiger partial charge in [0.05, 0.1) is 10.6 Å². The highest BCUT2D eigenvalue weighted by molar-refractivity contribution is 7.92. The van der Waals surface area contributed by atoms with Crippen molar-refractivity contribution < 1.29 is 17.9 Å². The second-order valence-corrected chi connectivity index (χ2v) is 9.70. The quantitative estimate of drug-likeness (QED) is 0.521. The number of aryl methyl sites for hydroxylation is 4. The van der Waals surface area contributed by atoms with Gasteiger partial charge in [0, 0.05) is 5.69 Å². The van der Waals surface area contributed by atoms with Crippen LogP contribution in [0.1, 0.15) is 29.2 Å². The van der Waals surface area contributed by atoms with E-state index in [0.29, 0.717) is 17.1 Å². The summed E-state index contributed by atoms with van der Waals surface area (Å²) in [5.74, 6) is 0.303. The van der Waals surface area contributed by atoms with Crippen molar-refractivity contribution in [1.82, 2.24) is 0 Å². The van der Waals surface area contributed by atoms with Crippen LogP contribution in [0.2, 0.25) is 0 Å². The van der Waals surface area contributed by atoms with E-state index in [1.165, 1.54) is 12.1 Å². The van der Waals surface area contributed by atoms with Crippen LogP contribution in [0.25, 0.3) is 0 Å². The minimum atomic E-state index is -3.75. The number of sulfonamides is 1. The van der Waals surface area contributed by atoms with Crippen LogP contribution in [-0.4, -0.2) is 20.4 Å².